The molecule has 3 N–H and O–H groups in total. The summed E-state index contributed by atoms with van der Waals surface area (Å²) in [6.07, 6.45) is 15.2. The summed E-state index contributed by atoms with van der Waals surface area (Å²) in [5, 5.41) is 22.8. The lowest BCUT2D eigenvalue weighted by molar-refractivity contribution is -0.163. The number of methoxy groups -OCH3 is 2. The van der Waals surface area contributed by atoms with Gasteiger partial charge in [-0.2, -0.15) is 0 Å². The number of Topliss-reactive ketones (excluding diaryl/α,β-unsaturated/α-hetero) is 1. The molecule has 1 rings (SSSR count). The predicted octanol–water partition coefficient (Wildman–Crippen LogP) is 5.64. The van der Waals surface area contributed by atoms with Crippen LogP contribution in [0, 0.1) is 5.92 Å². The molecule has 0 spiro atoms. The molecule has 0 heterocycles. The molecule has 8 nitrogen and oxygen atoms in total. The fourth-order valence-electron chi connectivity index (χ4n) is 4.36. The van der Waals surface area contributed by atoms with E-state index in [0.29, 0.717) is 43.0 Å². The highest BCUT2D eigenvalue weighted by Crippen LogP contribution is 2.27. The molecule has 0 unspecified atom stereocenters. The predicted molar refractivity (Wildman–Crippen MR) is 153 cm³/mol. The summed E-state index contributed by atoms with van der Waals surface area (Å²) in [7, 11) is 3.10. The molecule has 220 valence electrons. The summed E-state index contributed by atoms with van der Waals surface area (Å²) >= 11 is 0. The minimum absolute atomic E-state index is 0.270. The minimum Gasteiger partial charge on any atom is -0.493 e. The van der Waals surface area contributed by atoms with Crippen molar-refractivity contribution in [1.82, 2.24) is 5.32 Å². The number of carbonyl (C=O) groups excluding carboxylic acids is 2. The van der Waals surface area contributed by atoms with Crippen molar-refractivity contribution in [2.45, 2.75) is 103 Å². The van der Waals surface area contributed by atoms with Crippen LogP contribution in [0.25, 0.3) is 0 Å². The maximum Gasteiger partial charge on any atom is 0.336 e. The van der Waals surface area contributed by atoms with Crippen molar-refractivity contribution in [3.05, 3.63) is 35.9 Å². The Morgan fingerprint density at radius 1 is 0.949 bits per heavy atom. The molecule has 1 aromatic carbocycles. The van der Waals surface area contributed by atoms with Gasteiger partial charge in [-0.05, 0) is 56.7 Å². The first kappa shape index (κ1) is 34.2. The summed E-state index contributed by atoms with van der Waals surface area (Å²) in [5.41, 5.74) is -1.32. The average Bonchev–Trinajstić information content (AvgIpc) is 2.91. The maximum absolute atomic E-state index is 12.8. The van der Waals surface area contributed by atoms with Crippen LogP contribution in [0.1, 0.15) is 96.5 Å². The van der Waals surface area contributed by atoms with Gasteiger partial charge >= 0.3 is 5.97 Å². The minimum atomic E-state index is -2.24. The molecule has 0 aliphatic carbocycles. The lowest BCUT2D eigenvalue weighted by Gasteiger charge is -2.25. The number of ketones is 1. The van der Waals surface area contributed by atoms with Crippen LogP contribution in [0.5, 0.6) is 11.5 Å². The van der Waals surface area contributed by atoms with Gasteiger partial charge in [-0.3, -0.25) is 9.59 Å². The first-order valence-electron chi connectivity index (χ1n) is 14.3. The van der Waals surface area contributed by atoms with Gasteiger partial charge in [0.15, 0.2) is 17.1 Å². The quantitative estimate of drug-likeness (QED) is 0.127. The third kappa shape index (κ3) is 13.2. The number of carboxylic acid groups (broad SMARTS) is 1. The molecule has 0 aromatic heterocycles. The molecule has 8 heteroatoms. The van der Waals surface area contributed by atoms with Crippen molar-refractivity contribution >= 4 is 17.7 Å². The molecule has 0 fully saturated rings. The number of amides is 1. The second-order valence-electron chi connectivity index (χ2n) is 10.2. The summed E-state index contributed by atoms with van der Waals surface area (Å²) in [6, 6.07) is 5.47. The van der Waals surface area contributed by atoms with Gasteiger partial charge in [0.1, 0.15) is 5.78 Å². The fraction of sp³-hybridized carbons (Fsp3) is 0.645. The number of carbonyl (C=O) groups is 3. The third-order valence-electron chi connectivity index (χ3n) is 6.95. The molecule has 39 heavy (non-hydrogen) atoms. The van der Waals surface area contributed by atoms with Gasteiger partial charge in [0.2, 0.25) is 5.91 Å². The summed E-state index contributed by atoms with van der Waals surface area (Å²) in [5.74, 6) is -1.69. The number of carboxylic acids is 1. The molecule has 1 amide bonds. The second-order valence-corrected chi connectivity index (χ2v) is 10.2. The monoisotopic (exact) mass is 547 g/mol. The molecular formula is C31H49NO7. The smallest absolute Gasteiger partial charge is 0.336 e. The Bertz CT molecular complexity index is 910. The second kappa shape index (κ2) is 19.2. The number of nitrogens with one attached hydrogen (secondary N) is 1. The van der Waals surface area contributed by atoms with Crippen LogP contribution >= 0.6 is 0 Å². The van der Waals surface area contributed by atoms with Crippen molar-refractivity contribution in [3.8, 4) is 11.5 Å². The maximum atomic E-state index is 12.8. The van der Waals surface area contributed by atoms with Crippen LogP contribution in [-0.2, 0) is 20.8 Å². The molecule has 0 saturated heterocycles. The molecule has 2 atom stereocenters. The van der Waals surface area contributed by atoms with E-state index in [2.05, 4.69) is 12.2 Å². The molecule has 0 aliphatic rings. The van der Waals surface area contributed by atoms with E-state index in [1.165, 1.54) is 25.3 Å². The highest BCUT2D eigenvalue weighted by Gasteiger charge is 2.42. The van der Waals surface area contributed by atoms with E-state index in [0.717, 1.165) is 51.0 Å². The highest BCUT2D eigenvalue weighted by molar-refractivity contribution is 5.90. The van der Waals surface area contributed by atoms with Crippen LogP contribution in [0.4, 0.5) is 0 Å². The van der Waals surface area contributed by atoms with Gasteiger partial charge in [-0.25, -0.2) is 4.79 Å². The van der Waals surface area contributed by atoms with Gasteiger partial charge in [0.25, 0.3) is 0 Å². The number of rotatable bonds is 22. The van der Waals surface area contributed by atoms with E-state index in [1.807, 2.05) is 12.1 Å². The lowest BCUT2D eigenvalue weighted by Crippen LogP contribution is -2.49. The van der Waals surface area contributed by atoms with E-state index < -0.39 is 23.4 Å². The van der Waals surface area contributed by atoms with Crippen molar-refractivity contribution < 1.29 is 34.1 Å². The summed E-state index contributed by atoms with van der Waals surface area (Å²) in [6.45, 7) is 3.59. The molecule has 0 bridgehead atoms. The Morgan fingerprint density at radius 3 is 2.15 bits per heavy atom. The number of aliphatic hydroxyl groups is 1. The molecule has 1 aromatic rings. The Balaban J connectivity index is 2.46. The SMILES string of the molecule is CCCCCCCC(=O)CCCCCC/C=C/[C@H](C(=O)NCCc1ccc(OC)c(OC)c1)[C@](C)(O)C(=O)O. The van der Waals surface area contributed by atoms with Crippen LogP contribution in [0.3, 0.4) is 0 Å². The van der Waals surface area contributed by atoms with Gasteiger partial charge in [-0.1, -0.05) is 63.7 Å². The highest BCUT2D eigenvalue weighted by atomic mass is 16.5. The number of hydrogen-bond acceptors (Lipinski definition) is 6. The van der Waals surface area contributed by atoms with Crippen molar-refractivity contribution in [1.29, 1.82) is 0 Å². The Kier molecular flexibility index (Phi) is 16.8. The van der Waals surface area contributed by atoms with E-state index in [-0.39, 0.29) is 6.54 Å². The molecule has 0 saturated carbocycles. The number of hydrogen-bond donors (Lipinski definition) is 3. The van der Waals surface area contributed by atoms with E-state index in [4.69, 9.17) is 9.47 Å². The van der Waals surface area contributed by atoms with Gasteiger partial charge < -0.3 is 25.0 Å². The van der Waals surface area contributed by atoms with E-state index >= 15 is 0 Å². The van der Waals surface area contributed by atoms with Gasteiger partial charge in [0, 0.05) is 19.4 Å². The average molecular weight is 548 g/mol. The number of allylic oxidation sites excluding steroid dienone is 1. The zero-order valence-electron chi connectivity index (χ0n) is 24.3. The molecule has 0 radical (unpaired) electrons. The largest absolute Gasteiger partial charge is 0.493 e. The van der Waals surface area contributed by atoms with Crippen LogP contribution in [0.2, 0.25) is 0 Å². The van der Waals surface area contributed by atoms with Crippen LogP contribution in [-0.4, -0.2) is 54.2 Å². The van der Waals surface area contributed by atoms with Gasteiger partial charge in [0.05, 0.1) is 20.1 Å². The molecular weight excluding hydrogens is 498 g/mol. The number of unbranched alkanes of at least 4 members (excludes halogenated alkanes) is 8. The normalized spacial score (nSPS) is 13.6. The van der Waals surface area contributed by atoms with E-state index in [1.54, 1.807) is 26.4 Å². The number of aliphatic carboxylic acids is 1. The fourth-order valence-corrected chi connectivity index (χ4v) is 4.36. The Morgan fingerprint density at radius 2 is 1.56 bits per heavy atom. The third-order valence-corrected chi connectivity index (χ3v) is 6.95. The first-order chi connectivity index (χ1) is 18.7. The lowest BCUT2D eigenvalue weighted by atomic mass is 9.87. The van der Waals surface area contributed by atoms with Crippen LogP contribution in [0.15, 0.2) is 30.4 Å². The standard InChI is InChI=1S/C31H49NO7/c1-5-6-7-10-13-16-25(33)17-14-11-8-9-12-15-18-26(31(2,37)30(35)36)29(34)32-22-21-24-19-20-27(38-3)28(23-24)39-4/h15,18-20,23,26,37H,5-14,16-17,21-22H2,1-4H3,(H,32,34)(H,35,36)/b18-15+/t26-,31+/m1/s1. The number of ether oxygens (including phenoxy) is 2. The Labute approximate surface area is 234 Å². The van der Waals surface area contributed by atoms with E-state index in [9.17, 15) is 24.6 Å². The first-order valence-corrected chi connectivity index (χ1v) is 14.3. The zero-order valence-corrected chi connectivity index (χ0v) is 24.3. The summed E-state index contributed by atoms with van der Waals surface area (Å²) < 4.78 is 10.5. The van der Waals surface area contributed by atoms with Crippen molar-refractivity contribution in [3.63, 3.8) is 0 Å². The van der Waals surface area contributed by atoms with Crippen molar-refractivity contribution in [2.75, 3.05) is 20.8 Å². The van der Waals surface area contributed by atoms with Crippen LogP contribution < -0.4 is 14.8 Å². The molecule has 0 aliphatic heterocycles. The number of benzene rings is 1. The summed E-state index contributed by atoms with van der Waals surface area (Å²) in [4.78, 5) is 36.5. The topological polar surface area (TPSA) is 122 Å². The van der Waals surface area contributed by atoms with Gasteiger partial charge in [-0.15, -0.1) is 0 Å². The Hall–Kier alpha value is -2.87. The zero-order chi connectivity index (χ0) is 29.1. The van der Waals surface area contributed by atoms with Crippen molar-refractivity contribution in [2.24, 2.45) is 5.92 Å².